The van der Waals surface area contributed by atoms with Gasteiger partial charge in [0.05, 0.1) is 13.2 Å². The van der Waals surface area contributed by atoms with E-state index in [1.165, 1.54) is 0 Å². The molecule has 1 N–H and O–H groups in total. The van der Waals surface area contributed by atoms with Crippen LogP contribution in [0.2, 0.25) is 0 Å². The summed E-state index contributed by atoms with van der Waals surface area (Å²) in [6.07, 6.45) is 0. The van der Waals surface area contributed by atoms with Crippen molar-refractivity contribution in [3.63, 3.8) is 0 Å². The molecule has 0 aliphatic carbocycles. The van der Waals surface area contributed by atoms with Crippen LogP contribution in [0.5, 0.6) is 0 Å². The topological polar surface area (TPSA) is 49.8 Å². The Kier molecular flexibility index (Phi) is 3.96. The van der Waals surface area contributed by atoms with E-state index in [9.17, 15) is 4.79 Å². The van der Waals surface area contributed by atoms with Gasteiger partial charge in [0, 0.05) is 22.4 Å². The molecule has 0 bridgehead atoms. The minimum Gasteiger partial charge on any atom is -0.480 e. The smallest absolute Gasteiger partial charge is 0.323 e. The van der Waals surface area contributed by atoms with Gasteiger partial charge in [-0.2, -0.15) is 0 Å². The van der Waals surface area contributed by atoms with Crippen molar-refractivity contribution in [2.75, 3.05) is 19.8 Å². The fraction of sp³-hybridized carbons (Fsp3) is 0.500. The normalized spacial score (nSPS) is 22.2. The van der Waals surface area contributed by atoms with Crippen molar-refractivity contribution in [3.05, 3.63) is 20.8 Å². The van der Waals surface area contributed by atoms with Crippen molar-refractivity contribution in [2.45, 2.75) is 12.6 Å². The second-order valence-corrected chi connectivity index (χ2v) is 5.45. The van der Waals surface area contributed by atoms with Crippen LogP contribution in [-0.4, -0.2) is 41.8 Å². The molecular weight excluding hydrogens is 294 g/mol. The zero-order valence-corrected chi connectivity index (χ0v) is 11.0. The van der Waals surface area contributed by atoms with E-state index in [4.69, 9.17) is 9.84 Å². The number of hydrogen-bond acceptors (Lipinski definition) is 4. The van der Waals surface area contributed by atoms with Crippen LogP contribution in [-0.2, 0) is 16.1 Å². The van der Waals surface area contributed by atoms with Gasteiger partial charge in [-0.25, -0.2) is 0 Å². The first-order chi connectivity index (χ1) is 7.68. The van der Waals surface area contributed by atoms with Crippen molar-refractivity contribution in [1.29, 1.82) is 0 Å². The van der Waals surface area contributed by atoms with Gasteiger partial charge in [-0.05, 0) is 27.4 Å². The minimum absolute atomic E-state index is 0.276. The summed E-state index contributed by atoms with van der Waals surface area (Å²) in [5, 5.41) is 11.1. The summed E-state index contributed by atoms with van der Waals surface area (Å²) in [6, 6.07) is 1.46. The molecule has 1 saturated heterocycles. The summed E-state index contributed by atoms with van der Waals surface area (Å²) in [5.41, 5.74) is 0. The van der Waals surface area contributed by atoms with E-state index in [0.29, 0.717) is 19.7 Å². The molecule has 1 fully saturated rings. The Labute approximate surface area is 106 Å². The molecule has 0 spiro atoms. The average Bonchev–Trinajstić information content (AvgIpc) is 2.65. The number of hydrogen-bond donors (Lipinski definition) is 1. The molecule has 0 saturated carbocycles. The number of aliphatic carboxylic acids is 1. The third-order valence-electron chi connectivity index (χ3n) is 2.56. The summed E-state index contributed by atoms with van der Waals surface area (Å²) in [6.45, 7) is 2.21. The Bertz CT molecular complexity index is 382. The quantitative estimate of drug-likeness (QED) is 0.925. The summed E-state index contributed by atoms with van der Waals surface area (Å²) in [7, 11) is 0. The number of ether oxygens (including phenoxy) is 1. The molecular formula is C10H12BrNO3S. The van der Waals surface area contributed by atoms with Crippen molar-refractivity contribution in [2.24, 2.45) is 0 Å². The summed E-state index contributed by atoms with van der Waals surface area (Å²) in [5.74, 6) is -0.813. The molecule has 1 unspecified atom stereocenters. The van der Waals surface area contributed by atoms with Crippen molar-refractivity contribution >= 4 is 33.2 Å². The molecule has 0 amide bonds. The first-order valence-electron chi connectivity index (χ1n) is 4.95. The molecule has 88 valence electrons. The van der Waals surface area contributed by atoms with Gasteiger partial charge in [0.25, 0.3) is 0 Å². The predicted octanol–water partition coefficient (Wildman–Crippen LogP) is 1.80. The summed E-state index contributed by atoms with van der Waals surface area (Å²) >= 11 is 5.09. The molecule has 1 aromatic rings. The van der Waals surface area contributed by atoms with Crippen LogP contribution in [0.3, 0.4) is 0 Å². The maximum absolute atomic E-state index is 11.0. The van der Waals surface area contributed by atoms with Gasteiger partial charge in [-0.3, -0.25) is 9.69 Å². The van der Waals surface area contributed by atoms with Gasteiger partial charge in [0.2, 0.25) is 0 Å². The van der Waals surface area contributed by atoms with Crippen LogP contribution in [0.15, 0.2) is 15.9 Å². The molecule has 1 aliphatic heterocycles. The van der Waals surface area contributed by atoms with Crippen molar-refractivity contribution in [1.82, 2.24) is 4.90 Å². The largest absolute Gasteiger partial charge is 0.480 e. The number of morpholine rings is 1. The van der Waals surface area contributed by atoms with Gasteiger partial charge in [-0.15, -0.1) is 11.3 Å². The van der Waals surface area contributed by atoms with Gasteiger partial charge >= 0.3 is 5.97 Å². The standard InChI is InChI=1S/C10H12BrNO3S/c11-7-1-4-16-9(7)5-12-2-3-15-6-8(12)10(13)14/h1,4,8H,2-3,5-6H2,(H,13,14). The minimum atomic E-state index is -0.813. The summed E-state index contributed by atoms with van der Waals surface area (Å²) < 4.78 is 6.24. The lowest BCUT2D eigenvalue weighted by atomic mass is 10.2. The Balaban J connectivity index is 2.07. The Morgan fingerprint density at radius 1 is 1.75 bits per heavy atom. The lowest BCUT2D eigenvalue weighted by Gasteiger charge is -2.32. The second-order valence-electron chi connectivity index (χ2n) is 3.59. The maximum Gasteiger partial charge on any atom is 0.323 e. The van der Waals surface area contributed by atoms with E-state index >= 15 is 0 Å². The van der Waals surface area contributed by atoms with Crippen molar-refractivity contribution < 1.29 is 14.6 Å². The van der Waals surface area contributed by atoms with Gasteiger partial charge in [0.1, 0.15) is 6.04 Å². The van der Waals surface area contributed by atoms with E-state index in [-0.39, 0.29) is 6.61 Å². The fourth-order valence-corrected chi connectivity index (χ4v) is 3.18. The highest BCUT2D eigenvalue weighted by molar-refractivity contribution is 9.10. The van der Waals surface area contributed by atoms with Crippen LogP contribution in [0.1, 0.15) is 4.88 Å². The van der Waals surface area contributed by atoms with Gasteiger partial charge in [-0.1, -0.05) is 0 Å². The highest BCUT2D eigenvalue weighted by atomic mass is 79.9. The SMILES string of the molecule is O=C(O)C1COCCN1Cc1sccc1Br. The average molecular weight is 306 g/mol. The van der Waals surface area contributed by atoms with E-state index in [1.807, 2.05) is 16.3 Å². The predicted molar refractivity (Wildman–Crippen MR) is 64.7 cm³/mol. The molecule has 6 heteroatoms. The van der Waals surface area contributed by atoms with Crippen LogP contribution >= 0.6 is 27.3 Å². The monoisotopic (exact) mass is 305 g/mol. The maximum atomic E-state index is 11.0. The van der Waals surface area contributed by atoms with Crippen LogP contribution < -0.4 is 0 Å². The molecule has 0 aromatic carbocycles. The van der Waals surface area contributed by atoms with Crippen molar-refractivity contribution in [3.8, 4) is 0 Å². The van der Waals surface area contributed by atoms with Crippen LogP contribution in [0, 0.1) is 0 Å². The summed E-state index contributed by atoms with van der Waals surface area (Å²) in [4.78, 5) is 14.2. The Hall–Kier alpha value is -0.430. The van der Waals surface area contributed by atoms with Gasteiger partial charge in [0.15, 0.2) is 0 Å². The lowest BCUT2D eigenvalue weighted by molar-refractivity contribution is -0.150. The first kappa shape index (κ1) is 12.0. The number of rotatable bonds is 3. The zero-order chi connectivity index (χ0) is 11.5. The zero-order valence-electron chi connectivity index (χ0n) is 8.56. The molecule has 4 nitrogen and oxygen atoms in total. The molecule has 1 atom stereocenters. The Morgan fingerprint density at radius 3 is 3.19 bits per heavy atom. The number of halogens is 1. The molecule has 16 heavy (non-hydrogen) atoms. The third-order valence-corrected chi connectivity index (χ3v) is 4.47. The fourth-order valence-electron chi connectivity index (χ4n) is 1.68. The molecule has 1 aliphatic rings. The first-order valence-corrected chi connectivity index (χ1v) is 6.62. The molecule has 2 heterocycles. The number of nitrogens with zero attached hydrogens (tertiary/aromatic N) is 1. The lowest BCUT2D eigenvalue weighted by Crippen LogP contribution is -2.49. The Morgan fingerprint density at radius 2 is 2.56 bits per heavy atom. The molecule has 0 radical (unpaired) electrons. The van der Waals surface area contributed by atoms with E-state index in [2.05, 4.69) is 15.9 Å². The van der Waals surface area contributed by atoms with Gasteiger partial charge < -0.3 is 9.84 Å². The third kappa shape index (κ3) is 2.63. The molecule has 1 aromatic heterocycles. The van der Waals surface area contributed by atoms with E-state index < -0.39 is 12.0 Å². The highest BCUT2D eigenvalue weighted by Gasteiger charge is 2.29. The number of carbonyl (C=O) groups is 1. The number of thiophene rings is 1. The van der Waals surface area contributed by atoms with Crippen LogP contribution in [0.4, 0.5) is 0 Å². The second kappa shape index (κ2) is 5.27. The molecule has 2 rings (SSSR count). The van der Waals surface area contributed by atoms with E-state index in [0.717, 1.165) is 9.35 Å². The number of carboxylic acid groups (broad SMARTS) is 1. The number of carboxylic acids is 1. The van der Waals surface area contributed by atoms with Crippen LogP contribution in [0.25, 0.3) is 0 Å². The highest BCUT2D eigenvalue weighted by Crippen LogP contribution is 2.25. The van der Waals surface area contributed by atoms with E-state index in [1.54, 1.807) is 11.3 Å².